The highest BCUT2D eigenvalue weighted by Gasteiger charge is 2.39. The maximum absolute atomic E-state index is 11.6. The number of ether oxygens (including phenoxy) is 1. The first-order valence-corrected chi connectivity index (χ1v) is 7.14. The molecule has 0 spiro atoms. The summed E-state index contributed by atoms with van der Waals surface area (Å²) in [6.07, 6.45) is 3.82. The third kappa shape index (κ3) is 3.78. The van der Waals surface area contributed by atoms with Crippen LogP contribution in [0, 0.1) is 23.7 Å². The van der Waals surface area contributed by atoms with Gasteiger partial charge in [0.15, 0.2) is 0 Å². The van der Waals surface area contributed by atoms with Gasteiger partial charge in [0.25, 0.3) is 0 Å². The van der Waals surface area contributed by atoms with Gasteiger partial charge in [-0.15, -0.1) is 0 Å². The van der Waals surface area contributed by atoms with Gasteiger partial charge in [-0.05, 0) is 38.0 Å². The van der Waals surface area contributed by atoms with Crippen LogP contribution in [0.3, 0.4) is 0 Å². The minimum Gasteiger partial charge on any atom is -0.466 e. The van der Waals surface area contributed by atoms with Gasteiger partial charge in [-0.3, -0.25) is 0 Å². The molecular weight excluding hydrogens is 256 g/mol. The summed E-state index contributed by atoms with van der Waals surface area (Å²) >= 11 is 0. The highest BCUT2D eigenvalue weighted by molar-refractivity contribution is 5.88. The van der Waals surface area contributed by atoms with Crippen molar-refractivity contribution in [2.45, 2.75) is 39.5 Å². The normalized spacial score (nSPS) is 29.6. The van der Waals surface area contributed by atoms with Gasteiger partial charge in [-0.25, -0.2) is 4.79 Å². The van der Waals surface area contributed by atoms with Crippen LogP contribution in [0.1, 0.15) is 39.5 Å². The van der Waals surface area contributed by atoms with Crippen LogP contribution in [-0.4, -0.2) is 25.1 Å². The molecule has 0 radical (unpaired) electrons. The van der Waals surface area contributed by atoms with E-state index in [1.807, 2.05) is 0 Å². The van der Waals surface area contributed by atoms with Crippen molar-refractivity contribution in [1.82, 2.24) is 0 Å². The Bertz CT molecular complexity index is 399. The predicted molar refractivity (Wildman–Crippen MR) is 76.0 cm³/mol. The number of rotatable bonds is 6. The summed E-state index contributed by atoms with van der Waals surface area (Å²) in [4.78, 5) is 34.3. The van der Waals surface area contributed by atoms with E-state index in [0.29, 0.717) is 24.3 Å². The van der Waals surface area contributed by atoms with E-state index >= 15 is 0 Å². The van der Waals surface area contributed by atoms with Gasteiger partial charge in [0.1, 0.15) is 12.1 Å². The van der Waals surface area contributed by atoms with Gasteiger partial charge in [-0.1, -0.05) is 13.5 Å². The summed E-state index contributed by atoms with van der Waals surface area (Å²) < 4.78 is 4.71. The van der Waals surface area contributed by atoms with E-state index in [4.69, 9.17) is 4.74 Å². The fraction of sp³-hybridized carbons (Fsp3) is 0.688. The SMILES string of the molecule is C=C(C(=O)OC)[C@@H]1CC[C@@H](C)[C@H](CCC(C)=O)[C@@H]1C=O. The summed E-state index contributed by atoms with van der Waals surface area (Å²) in [5.41, 5.74) is 0.379. The van der Waals surface area contributed by atoms with E-state index in [9.17, 15) is 14.4 Å². The molecule has 0 unspecified atom stereocenters. The van der Waals surface area contributed by atoms with E-state index in [1.165, 1.54) is 7.11 Å². The maximum Gasteiger partial charge on any atom is 0.333 e. The Morgan fingerprint density at radius 2 is 2.00 bits per heavy atom. The second-order valence-corrected chi connectivity index (χ2v) is 5.80. The molecule has 0 aliphatic heterocycles. The Morgan fingerprint density at radius 3 is 2.50 bits per heavy atom. The van der Waals surface area contributed by atoms with Gasteiger partial charge in [0.2, 0.25) is 0 Å². The molecule has 1 aliphatic carbocycles. The Balaban J connectivity index is 2.87. The number of esters is 1. The van der Waals surface area contributed by atoms with E-state index < -0.39 is 5.97 Å². The van der Waals surface area contributed by atoms with E-state index in [-0.39, 0.29) is 23.5 Å². The Morgan fingerprint density at radius 1 is 1.35 bits per heavy atom. The van der Waals surface area contributed by atoms with Crippen LogP contribution in [0.4, 0.5) is 0 Å². The summed E-state index contributed by atoms with van der Waals surface area (Å²) in [7, 11) is 1.32. The van der Waals surface area contributed by atoms with Crippen molar-refractivity contribution in [3.05, 3.63) is 12.2 Å². The Hall–Kier alpha value is -1.45. The highest BCUT2D eigenvalue weighted by atomic mass is 16.5. The molecule has 0 amide bonds. The average Bonchev–Trinajstić information content (AvgIpc) is 2.43. The molecule has 112 valence electrons. The van der Waals surface area contributed by atoms with Crippen LogP contribution < -0.4 is 0 Å². The Kier molecular flexibility index (Phi) is 6.11. The molecule has 1 rings (SSSR count). The van der Waals surface area contributed by atoms with Crippen molar-refractivity contribution in [2.75, 3.05) is 7.11 Å². The van der Waals surface area contributed by atoms with Crippen molar-refractivity contribution < 1.29 is 19.1 Å². The monoisotopic (exact) mass is 280 g/mol. The summed E-state index contributed by atoms with van der Waals surface area (Å²) in [5, 5.41) is 0. The molecular formula is C16H24O4. The molecule has 1 aliphatic rings. The molecule has 1 saturated carbocycles. The second-order valence-electron chi connectivity index (χ2n) is 5.80. The van der Waals surface area contributed by atoms with Crippen LogP contribution in [0.25, 0.3) is 0 Å². The van der Waals surface area contributed by atoms with Gasteiger partial charge < -0.3 is 14.3 Å². The van der Waals surface area contributed by atoms with Crippen LogP contribution >= 0.6 is 0 Å². The number of ketones is 1. The summed E-state index contributed by atoms with van der Waals surface area (Å²) in [5.74, 6) is -0.196. The van der Waals surface area contributed by atoms with E-state index in [2.05, 4.69) is 13.5 Å². The number of methoxy groups -OCH3 is 1. The number of carbonyl (C=O) groups is 3. The minimum absolute atomic E-state index is 0.135. The zero-order chi connectivity index (χ0) is 15.3. The molecule has 20 heavy (non-hydrogen) atoms. The van der Waals surface area contributed by atoms with Gasteiger partial charge in [0.05, 0.1) is 7.11 Å². The molecule has 4 atom stereocenters. The zero-order valence-electron chi connectivity index (χ0n) is 12.6. The van der Waals surface area contributed by atoms with Gasteiger partial charge >= 0.3 is 5.97 Å². The molecule has 0 saturated heterocycles. The van der Waals surface area contributed by atoms with E-state index in [0.717, 1.165) is 19.1 Å². The van der Waals surface area contributed by atoms with Crippen LogP contribution in [-0.2, 0) is 19.1 Å². The lowest BCUT2D eigenvalue weighted by Crippen LogP contribution is -2.37. The standard InChI is InChI=1S/C16H24O4/c1-10-5-7-14(12(3)16(19)20-4)15(9-17)13(10)8-6-11(2)18/h9-10,13-15H,3,5-8H2,1-2,4H3/t10-,13+,14+,15+/m1/s1. The lowest BCUT2D eigenvalue weighted by Gasteiger charge is -2.39. The minimum atomic E-state index is -0.443. The van der Waals surface area contributed by atoms with Gasteiger partial charge in [0, 0.05) is 23.8 Å². The third-order valence-corrected chi connectivity index (χ3v) is 4.50. The molecule has 4 nitrogen and oxygen atoms in total. The van der Waals surface area contributed by atoms with Crippen molar-refractivity contribution in [1.29, 1.82) is 0 Å². The first-order chi connectivity index (χ1) is 9.42. The zero-order valence-corrected chi connectivity index (χ0v) is 12.6. The fourth-order valence-corrected chi connectivity index (χ4v) is 3.26. The third-order valence-electron chi connectivity index (χ3n) is 4.50. The van der Waals surface area contributed by atoms with Crippen LogP contribution in [0.5, 0.6) is 0 Å². The fourth-order valence-electron chi connectivity index (χ4n) is 3.26. The molecule has 0 aromatic carbocycles. The molecule has 1 fully saturated rings. The molecule has 4 heteroatoms. The number of hydrogen-bond donors (Lipinski definition) is 0. The smallest absolute Gasteiger partial charge is 0.333 e. The molecule has 0 N–H and O–H groups in total. The van der Waals surface area contributed by atoms with Crippen molar-refractivity contribution in [3.63, 3.8) is 0 Å². The molecule has 0 aromatic heterocycles. The van der Waals surface area contributed by atoms with E-state index in [1.54, 1.807) is 6.92 Å². The Labute approximate surface area is 120 Å². The lowest BCUT2D eigenvalue weighted by atomic mass is 9.64. The number of Topliss-reactive ketones (excluding diaryl/α,β-unsaturated/α-hetero) is 1. The lowest BCUT2D eigenvalue weighted by molar-refractivity contribution is -0.137. The first-order valence-electron chi connectivity index (χ1n) is 7.14. The molecule has 0 aromatic rings. The largest absolute Gasteiger partial charge is 0.466 e. The van der Waals surface area contributed by atoms with Crippen molar-refractivity contribution in [2.24, 2.45) is 23.7 Å². The number of aldehydes is 1. The van der Waals surface area contributed by atoms with Crippen molar-refractivity contribution >= 4 is 18.0 Å². The maximum atomic E-state index is 11.6. The first kappa shape index (κ1) is 16.6. The highest BCUT2D eigenvalue weighted by Crippen LogP contribution is 2.43. The number of carbonyl (C=O) groups excluding carboxylic acids is 3. The van der Waals surface area contributed by atoms with Crippen LogP contribution in [0.2, 0.25) is 0 Å². The number of hydrogen-bond acceptors (Lipinski definition) is 4. The summed E-state index contributed by atoms with van der Waals surface area (Å²) in [6.45, 7) is 7.47. The summed E-state index contributed by atoms with van der Waals surface area (Å²) in [6, 6.07) is 0. The average molecular weight is 280 g/mol. The van der Waals surface area contributed by atoms with Crippen molar-refractivity contribution in [3.8, 4) is 0 Å². The van der Waals surface area contributed by atoms with Gasteiger partial charge in [-0.2, -0.15) is 0 Å². The predicted octanol–water partition coefficient (Wildman–Crippen LogP) is 2.56. The quantitative estimate of drug-likeness (QED) is 0.426. The topological polar surface area (TPSA) is 60.4 Å². The molecule has 0 heterocycles. The second kappa shape index (κ2) is 7.36. The molecule has 0 bridgehead atoms. The van der Waals surface area contributed by atoms with Crippen LogP contribution in [0.15, 0.2) is 12.2 Å².